The fourth-order valence-corrected chi connectivity index (χ4v) is 2.36. The Morgan fingerprint density at radius 2 is 2.05 bits per heavy atom. The molecule has 22 heavy (non-hydrogen) atoms. The molecule has 0 bridgehead atoms. The van der Waals surface area contributed by atoms with Gasteiger partial charge in [-0.1, -0.05) is 12.1 Å². The minimum atomic E-state index is -4.10. The highest BCUT2D eigenvalue weighted by atomic mass is 19.4. The first-order chi connectivity index (χ1) is 10.4. The van der Waals surface area contributed by atoms with Crippen LogP contribution >= 0.6 is 0 Å². The molecule has 3 nitrogen and oxygen atoms in total. The van der Waals surface area contributed by atoms with Crippen LogP contribution in [0.3, 0.4) is 0 Å². The second kappa shape index (κ2) is 7.51. The molecule has 1 aromatic carbocycles. The van der Waals surface area contributed by atoms with Crippen molar-refractivity contribution in [2.45, 2.75) is 44.7 Å². The highest BCUT2D eigenvalue weighted by molar-refractivity contribution is 5.72. The summed E-state index contributed by atoms with van der Waals surface area (Å²) in [5.41, 5.74) is 1.96. The Morgan fingerprint density at radius 1 is 1.23 bits per heavy atom. The minimum Gasteiger partial charge on any atom is -0.493 e. The molecule has 2 rings (SSSR count). The number of ether oxygens (including phenoxy) is 2. The molecule has 0 radical (unpaired) electrons. The minimum absolute atomic E-state index is 0.0753. The number of hydrogen-bond donors (Lipinski definition) is 0. The highest BCUT2D eigenvalue weighted by Crippen LogP contribution is 2.26. The number of hydrogen-bond acceptors (Lipinski definition) is 3. The van der Waals surface area contributed by atoms with Crippen LogP contribution in [0.25, 0.3) is 0 Å². The third-order valence-electron chi connectivity index (χ3n) is 3.47. The summed E-state index contributed by atoms with van der Waals surface area (Å²) < 4.78 is 46.2. The number of rotatable bonds is 7. The maximum absolute atomic E-state index is 11.9. The average molecular weight is 316 g/mol. The summed E-state index contributed by atoms with van der Waals surface area (Å²) in [5.74, 6) is 0.511. The SMILES string of the molecule is O=C(Cc1ccc2c(c1)CCO2)OCCCCCC(F)(F)F. The molecule has 0 saturated heterocycles. The van der Waals surface area contributed by atoms with Crippen LogP contribution in [0, 0.1) is 0 Å². The smallest absolute Gasteiger partial charge is 0.389 e. The third kappa shape index (κ3) is 5.58. The van der Waals surface area contributed by atoms with Crippen LogP contribution in [0.15, 0.2) is 18.2 Å². The summed E-state index contributed by atoms with van der Waals surface area (Å²) in [6, 6.07) is 5.61. The van der Waals surface area contributed by atoms with E-state index < -0.39 is 12.6 Å². The van der Waals surface area contributed by atoms with E-state index in [0.717, 1.165) is 23.3 Å². The Morgan fingerprint density at radius 3 is 2.82 bits per heavy atom. The van der Waals surface area contributed by atoms with Crippen LogP contribution in [0.4, 0.5) is 13.2 Å². The van der Waals surface area contributed by atoms with Crippen molar-refractivity contribution in [2.24, 2.45) is 0 Å². The summed E-state index contributed by atoms with van der Waals surface area (Å²) in [6.45, 7) is 0.839. The largest absolute Gasteiger partial charge is 0.493 e. The second-order valence-corrected chi connectivity index (χ2v) is 5.36. The zero-order valence-electron chi connectivity index (χ0n) is 12.2. The van der Waals surface area contributed by atoms with Crippen molar-refractivity contribution in [2.75, 3.05) is 13.2 Å². The van der Waals surface area contributed by atoms with E-state index in [0.29, 0.717) is 19.4 Å². The van der Waals surface area contributed by atoms with Gasteiger partial charge in [-0.05, 0) is 36.5 Å². The molecule has 0 amide bonds. The lowest BCUT2D eigenvalue weighted by Crippen LogP contribution is -2.10. The van der Waals surface area contributed by atoms with E-state index in [1.54, 1.807) is 0 Å². The van der Waals surface area contributed by atoms with Gasteiger partial charge in [-0.25, -0.2) is 0 Å². The van der Waals surface area contributed by atoms with Gasteiger partial charge in [-0.15, -0.1) is 0 Å². The van der Waals surface area contributed by atoms with Crippen LogP contribution in [0.1, 0.15) is 36.8 Å². The fourth-order valence-electron chi connectivity index (χ4n) is 2.36. The van der Waals surface area contributed by atoms with E-state index in [9.17, 15) is 18.0 Å². The molecule has 0 saturated carbocycles. The number of carbonyl (C=O) groups excluding carboxylic acids is 1. The van der Waals surface area contributed by atoms with Crippen LogP contribution in [0.5, 0.6) is 5.75 Å². The number of benzene rings is 1. The first-order valence-electron chi connectivity index (χ1n) is 7.41. The Balaban J connectivity index is 1.62. The predicted octanol–water partition coefficient (Wildman–Crippen LogP) is 3.83. The van der Waals surface area contributed by atoms with Crippen LogP contribution in [-0.2, 0) is 22.4 Å². The van der Waals surface area contributed by atoms with Crippen LogP contribution in [-0.4, -0.2) is 25.4 Å². The molecule has 1 aromatic rings. The van der Waals surface area contributed by atoms with Gasteiger partial charge in [0.15, 0.2) is 0 Å². The van der Waals surface area contributed by atoms with Gasteiger partial charge in [-0.3, -0.25) is 4.79 Å². The van der Waals surface area contributed by atoms with Gasteiger partial charge in [0.2, 0.25) is 0 Å². The van der Waals surface area contributed by atoms with Gasteiger partial charge in [0.25, 0.3) is 0 Å². The molecule has 1 aliphatic heterocycles. The van der Waals surface area contributed by atoms with Gasteiger partial charge in [0.1, 0.15) is 5.75 Å². The van der Waals surface area contributed by atoms with E-state index in [4.69, 9.17) is 9.47 Å². The second-order valence-electron chi connectivity index (χ2n) is 5.36. The molecule has 0 unspecified atom stereocenters. The van der Waals surface area contributed by atoms with Gasteiger partial charge >= 0.3 is 12.1 Å². The molecule has 1 heterocycles. The summed E-state index contributed by atoms with van der Waals surface area (Å²) in [6.07, 6.45) is -2.92. The predicted molar refractivity (Wildman–Crippen MR) is 74.8 cm³/mol. The number of alkyl halides is 3. The summed E-state index contributed by atoms with van der Waals surface area (Å²) in [5, 5.41) is 0. The van der Waals surface area contributed by atoms with E-state index >= 15 is 0 Å². The van der Waals surface area contributed by atoms with Crippen molar-refractivity contribution in [3.05, 3.63) is 29.3 Å². The van der Waals surface area contributed by atoms with Gasteiger partial charge in [0, 0.05) is 12.8 Å². The molecule has 0 atom stereocenters. The zero-order valence-corrected chi connectivity index (χ0v) is 12.2. The van der Waals surface area contributed by atoms with Crippen molar-refractivity contribution in [3.63, 3.8) is 0 Å². The molecule has 122 valence electrons. The highest BCUT2D eigenvalue weighted by Gasteiger charge is 2.25. The number of unbranched alkanes of at least 4 members (excludes halogenated alkanes) is 2. The number of esters is 1. The maximum atomic E-state index is 11.9. The maximum Gasteiger partial charge on any atom is 0.389 e. The molecule has 0 spiro atoms. The molecule has 6 heteroatoms. The zero-order chi connectivity index (χ0) is 16.0. The van der Waals surface area contributed by atoms with Crippen molar-refractivity contribution < 1.29 is 27.4 Å². The van der Waals surface area contributed by atoms with Crippen LogP contribution < -0.4 is 4.74 Å². The summed E-state index contributed by atoms with van der Waals surface area (Å²) >= 11 is 0. The number of halogens is 3. The van der Waals surface area contributed by atoms with E-state index in [-0.39, 0.29) is 25.4 Å². The van der Waals surface area contributed by atoms with Gasteiger partial charge in [-0.2, -0.15) is 13.2 Å². The van der Waals surface area contributed by atoms with Gasteiger partial charge in [0.05, 0.1) is 19.6 Å². The lowest BCUT2D eigenvalue weighted by molar-refractivity contribution is -0.143. The molecule has 0 N–H and O–H groups in total. The lowest BCUT2D eigenvalue weighted by Gasteiger charge is -2.07. The molecule has 0 fully saturated rings. The summed E-state index contributed by atoms with van der Waals surface area (Å²) in [4.78, 5) is 11.7. The first kappa shape index (κ1) is 16.6. The van der Waals surface area contributed by atoms with E-state index in [1.807, 2.05) is 18.2 Å². The molecule has 1 aliphatic rings. The normalized spacial score (nSPS) is 13.6. The first-order valence-corrected chi connectivity index (χ1v) is 7.41. The Bertz CT molecular complexity index is 512. The van der Waals surface area contributed by atoms with Gasteiger partial charge < -0.3 is 9.47 Å². The average Bonchev–Trinajstić information content (AvgIpc) is 2.89. The Hall–Kier alpha value is -1.72. The molecule has 0 aromatic heterocycles. The van der Waals surface area contributed by atoms with E-state index in [1.165, 1.54) is 0 Å². The molecular weight excluding hydrogens is 297 g/mol. The number of carbonyl (C=O) groups is 1. The number of fused-ring (bicyclic) bond motifs is 1. The standard InChI is InChI=1S/C16H19F3O3/c17-16(18,19)7-2-1-3-8-22-15(20)11-12-4-5-14-13(10-12)6-9-21-14/h4-5,10H,1-3,6-9,11H2. The monoisotopic (exact) mass is 316 g/mol. The van der Waals surface area contributed by atoms with Crippen molar-refractivity contribution in [3.8, 4) is 5.75 Å². The molecular formula is C16H19F3O3. The topological polar surface area (TPSA) is 35.5 Å². The van der Waals surface area contributed by atoms with E-state index in [2.05, 4.69) is 0 Å². The van der Waals surface area contributed by atoms with Crippen molar-refractivity contribution >= 4 is 5.97 Å². The summed E-state index contributed by atoms with van der Waals surface area (Å²) in [7, 11) is 0. The molecule has 0 aliphatic carbocycles. The van der Waals surface area contributed by atoms with Crippen molar-refractivity contribution in [1.29, 1.82) is 0 Å². The van der Waals surface area contributed by atoms with Crippen molar-refractivity contribution in [1.82, 2.24) is 0 Å². The lowest BCUT2D eigenvalue weighted by atomic mass is 10.1. The Kier molecular flexibility index (Phi) is 5.69. The quantitative estimate of drug-likeness (QED) is 0.566. The van der Waals surface area contributed by atoms with Crippen LogP contribution in [0.2, 0.25) is 0 Å². The fraction of sp³-hybridized carbons (Fsp3) is 0.562. The Labute approximate surface area is 127 Å². The third-order valence-corrected chi connectivity index (χ3v) is 3.47.